The lowest BCUT2D eigenvalue weighted by molar-refractivity contribution is -0.255. The molecule has 1 heterocycles. The summed E-state index contributed by atoms with van der Waals surface area (Å²) in [5.41, 5.74) is 1.07. The molecule has 0 aliphatic heterocycles. The van der Waals surface area contributed by atoms with Crippen molar-refractivity contribution in [3.8, 4) is 23.1 Å². The van der Waals surface area contributed by atoms with Crippen LogP contribution in [0.25, 0.3) is 17.4 Å². The van der Waals surface area contributed by atoms with Crippen LogP contribution in [0.5, 0.6) is 5.75 Å². The van der Waals surface area contributed by atoms with E-state index in [0.29, 0.717) is 35.1 Å². The number of furan rings is 1. The number of carbonyl (C=O) groups is 2. The second-order valence-electron chi connectivity index (χ2n) is 6.15. The minimum Gasteiger partial charge on any atom is -0.545 e. The van der Waals surface area contributed by atoms with Crippen LogP contribution in [0.15, 0.2) is 70.7 Å². The Labute approximate surface area is 172 Å². The lowest BCUT2D eigenvalue weighted by Gasteiger charge is -2.07. The molecule has 0 aliphatic rings. The number of anilines is 1. The Hall–Kier alpha value is -4.31. The summed E-state index contributed by atoms with van der Waals surface area (Å²) in [6.45, 7) is 2.36. The van der Waals surface area contributed by atoms with Gasteiger partial charge in [-0.1, -0.05) is 30.3 Å². The van der Waals surface area contributed by atoms with E-state index in [0.717, 1.165) is 0 Å². The van der Waals surface area contributed by atoms with Gasteiger partial charge >= 0.3 is 0 Å². The van der Waals surface area contributed by atoms with Crippen LogP contribution >= 0.6 is 0 Å². The molecule has 0 unspecified atom stereocenters. The standard InChI is InChI=1S/C23H18N2O5/c1-2-29-19-5-3-4-18(13-19)25-22(26)17(14-24)12-20-10-11-21(30-20)15-6-8-16(9-7-15)23(27)28/h3-13H,2H2,1H3,(H,25,26)(H,27,28)/p-1/b17-12-. The molecule has 0 spiro atoms. The molecule has 0 fully saturated rings. The molecular weight excluding hydrogens is 384 g/mol. The van der Waals surface area contributed by atoms with Crippen LogP contribution in [0, 0.1) is 11.3 Å². The molecule has 3 aromatic rings. The zero-order valence-electron chi connectivity index (χ0n) is 16.0. The van der Waals surface area contributed by atoms with E-state index >= 15 is 0 Å². The Morgan fingerprint density at radius 1 is 1.17 bits per heavy atom. The fraction of sp³-hybridized carbons (Fsp3) is 0.0870. The number of rotatable bonds is 7. The van der Waals surface area contributed by atoms with Crippen molar-refractivity contribution >= 4 is 23.6 Å². The van der Waals surface area contributed by atoms with Crippen LogP contribution in [0.4, 0.5) is 5.69 Å². The molecule has 0 aliphatic carbocycles. The van der Waals surface area contributed by atoms with Crippen molar-refractivity contribution in [2.24, 2.45) is 0 Å². The zero-order chi connectivity index (χ0) is 21.5. The number of hydrogen-bond donors (Lipinski definition) is 1. The summed E-state index contributed by atoms with van der Waals surface area (Å²) in [5, 5.41) is 22.9. The van der Waals surface area contributed by atoms with Gasteiger partial charge in [0, 0.05) is 23.4 Å². The molecule has 1 N–H and O–H groups in total. The number of ether oxygens (including phenoxy) is 1. The summed E-state index contributed by atoms with van der Waals surface area (Å²) < 4.78 is 11.1. The average Bonchev–Trinajstić information content (AvgIpc) is 3.21. The van der Waals surface area contributed by atoms with Crippen molar-refractivity contribution in [2.45, 2.75) is 6.92 Å². The summed E-state index contributed by atoms with van der Waals surface area (Å²) in [7, 11) is 0. The first kappa shape index (κ1) is 20.4. The lowest BCUT2D eigenvalue weighted by atomic mass is 10.1. The molecule has 0 atom stereocenters. The highest BCUT2D eigenvalue weighted by atomic mass is 16.5. The average molecular weight is 401 g/mol. The van der Waals surface area contributed by atoms with Crippen molar-refractivity contribution in [3.05, 3.63) is 77.6 Å². The lowest BCUT2D eigenvalue weighted by Crippen LogP contribution is -2.21. The summed E-state index contributed by atoms with van der Waals surface area (Å²) in [6, 6.07) is 18.0. The van der Waals surface area contributed by atoms with Gasteiger partial charge in [0.2, 0.25) is 0 Å². The van der Waals surface area contributed by atoms with Crippen molar-refractivity contribution < 1.29 is 23.8 Å². The number of carboxylic acid groups (broad SMARTS) is 1. The normalized spacial score (nSPS) is 10.9. The van der Waals surface area contributed by atoms with E-state index in [1.807, 2.05) is 13.0 Å². The maximum atomic E-state index is 12.4. The predicted molar refractivity (Wildman–Crippen MR) is 108 cm³/mol. The molecule has 150 valence electrons. The third-order valence-electron chi connectivity index (χ3n) is 4.09. The first-order valence-corrected chi connectivity index (χ1v) is 9.07. The number of aromatic carboxylic acids is 1. The highest BCUT2D eigenvalue weighted by Gasteiger charge is 2.12. The number of amides is 1. The first-order chi connectivity index (χ1) is 14.5. The predicted octanol–water partition coefficient (Wildman–Crippen LogP) is 3.25. The van der Waals surface area contributed by atoms with Crippen LogP contribution in [-0.4, -0.2) is 18.5 Å². The molecule has 7 heteroatoms. The number of nitrogens with one attached hydrogen (secondary N) is 1. The van der Waals surface area contributed by atoms with Gasteiger partial charge in [0.1, 0.15) is 28.9 Å². The molecule has 0 radical (unpaired) electrons. The van der Waals surface area contributed by atoms with Crippen LogP contribution in [0.3, 0.4) is 0 Å². The minimum atomic E-state index is -1.26. The van der Waals surface area contributed by atoms with Crippen molar-refractivity contribution in [1.29, 1.82) is 5.26 Å². The van der Waals surface area contributed by atoms with Crippen LogP contribution in [0.1, 0.15) is 23.0 Å². The van der Waals surface area contributed by atoms with Gasteiger partial charge < -0.3 is 24.4 Å². The number of carboxylic acids is 1. The van der Waals surface area contributed by atoms with E-state index in [2.05, 4.69) is 5.32 Å². The molecule has 30 heavy (non-hydrogen) atoms. The smallest absolute Gasteiger partial charge is 0.266 e. The maximum Gasteiger partial charge on any atom is 0.266 e. The molecule has 0 bridgehead atoms. The number of benzene rings is 2. The van der Waals surface area contributed by atoms with E-state index in [1.54, 1.807) is 48.5 Å². The fourth-order valence-corrected chi connectivity index (χ4v) is 2.68. The third-order valence-corrected chi connectivity index (χ3v) is 4.09. The largest absolute Gasteiger partial charge is 0.545 e. The summed E-state index contributed by atoms with van der Waals surface area (Å²) >= 11 is 0. The van der Waals surface area contributed by atoms with Gasteiger partial charge in [0.25, 0.3) is 5.91 Å². The SMILES string of the molecule is CCOc1cccc(NC(=O)/C(C#N)=C\c2ccc(-c3ccc(C(=O)[O-])cc3)o2)c1. The van der Waals surface area contributed by atoms with Gasteiger partial charge in [-0.05, 0) is 36.8 Å². The summed E-state index contributed by atoms with van der Waals surface area (Å²) in [4.78, 5) is 23.3. The van der Waals surface area contributed by atoms with Crippen molar-refractivity contribution in [2.75, 3.05) is 11.9 Å². The Bertz CT molecular complexity index is 1140. The highest BCUT2D eigenvalue weighted by molar-refractivity contribution is 6.09. The summed E-state index contributed by atoms with van der Waals surface area (Å²) in [5.74, 6) is -0.460. The van der Waals surface area contributed by atoms with Crippen LogP contribution in [-0.2, 0) is 4.79 Å². The molecule has 1 aromatic heterocycles. The Morgan fingerprint density at radius 3 is 2.60 bits per heavy atom. The van der Waals surface area contributed by atoms with E-state index in [9.17, 15) is 20.0 Å². The number of carbonyl (C=O) groups excluding carboxylic acids is 2. The Morgan fingerprint density at radius 2 is 1.93 bits per heavy atom. The molecule has 2 aromatic carbocycles. The van der Waals surface area contributed by atoms with Crippen molar-refractivity contribution in [1.82, 2.24) is 0 Å². The van der Waals surface area contributed by atoms with Gasteiger partial charge in [0.05, 0.1) is 12.6 Å². The van der Waals surface area contributed by atoms with Crippen LogP contribution < -0.4 is 15.2 Å². The van der Waals surface area contributed by atoms with Gasteiger partial charge in [0.15, 0.2) is 0 Å². The molecule has 0 saturated heterocycles. The second kappa shape index (κ2) is 9.26. The molecule has 3 rings (SSSR count). The van der Waals surface area contributed by atoms with E-state index in [-0.39, 0.29) is 11.1 Å². The van der Waals surface area contributed by atoms with Gasteiger partial charge in [-0.2, -0.15) is 5.26 Å². The maximum absolute atomic E-state index is 12.4. The highest BCUT2D eigenvalue weighted by Crippen LogP contribution is 2.24. The fourth-order valence-electron chi connectivity index (χ4n) is 2.68. The zero-order valence-corrected chi connectivity index (χ0v) is 16.0. The summed E-state index contributed by atoms with van der Waals surface area (Å²) in [6.07, 6.45) is 1.33. The topological polar surface area (TPSA) is 115 Å². The molecule has 1 amide bonds. The quantitative estimate of drug-likeness (QED) is 0.480. The van der Waals surface area contributed by atoms with Crippen molar-refractivity contribution in [3.63, 3.8) is 0 Å². The number of nitrogens with zero attached hydrogens (tertiary/aromatic N) is 1. The van der Waals surface area contributed by atoms with Gasteiger partial charge in [-0.15, -0.1) is 0 Å². The Balaban J connectivity index is 1.76. The molecule has 0 saturated carbocycles. The minimum absolute atomic E-state index is 0.0577. The molecular formula is C23H17N2O5-. The van der Waals surface area contributed by atoms with Crippen LogP contribution in [0.2, 0.25) is 0 Å². The van der Waals surface area contributed by atoms with Gasteiger partial charge in [-0.25, -0.2) is 0 Å². The van der Waals surface area contributed by atoms with E-state index in [4.69, 9.17) is 9.15 Å². The Kier molecular flexibility index (Phi) is 6.30. The monoisotopic (exact) mass is 401 g/mol. The van der Waals surface area contributed by atoms with Gasteiger partial charge in [-0.3, -0.25) is 4.79 Å². The van der Waals surface area contributed by atoms with E-state index in [1.165, 1.54) is 18.2 Å². The number of nitriles is 1. The number of hydrogen-bond acceptors (Lipinski definition) is 6. The first-order valence-electron chi connectivity index (χ1n) is 9.07. The molecule has 7 nitrogen and oxygen atoms in total. The third kappa shape index (κ3) is 4.94. The second-order valence-corrected chi connectivity index (χ2v) is 6.15. The van der Waals surface area contributed by atoms with E-state index < -0.39 is 11.9 Å².